The van der Waals surface area contributed by atoms with Crippen molar-refractivity contribution in [2.45, 2.75) is 39.4 Å². The van der Waals surface area contributed by atoms with Crippen LogP contribution in [0.2, 0.25) is 0 Å². The summed E-state index contributed by atoms with van der Waals surface area (Å²) in [6.45, 7) is 6.95. The van der Waals surface area contributed by atoms with Crippen molar-refractivity contribution < 1.29 is 14.6 Å². The van der Waals surface area contributed by atoms with Gasteiger partial charge in [0.1, 0.15) is 5.60 Å². The fraction of sp³-hybridized carbons (Fsp3) is 0.600. The topological polar surface area (TPSA) is 64.4 Å². The lowest BCUT2D eigenvalue weighted by atomic mass is 10.2. The van der Waals surface area contributed by atoms with Crippen LogP contribution in [-0.2, 0) is 4.74 Å². The number of aromatic nitrogens is 2. The van der Waals surface area contributed by atoms with Crippen LogP contribution in [0.5, 0.6) is 0 Å². The van der Waals surface area contributed by atoms with Gasteiger partial charge in [-0.05, 0) is 27.7 Å². The molecule has 0 saturated carbocycles. The highest BCUT2D eigenvalue weighted by Crippen LogP contribution is 2.12. The largest absolute Gasteiger partial charge is 0.442 e. The number of rotatable bonds is 1. The molecule has 1 aromatic rings. The summed E-state index contributed by atoms with van der Waals surface area (Å²) in [5, 5.41) is 13.0. The van der Waals surface area contributed by atoms with Crippen LogP contribution < -0.4 is 0 Å². The highest BCUT2D eigenvalue weighted by Gasteiger charge is 2.18. The molecule has 1 heterocycles. The van der Waals surface area contributed by atoms with Crippen molar-refractivity contribution in [2.75, 3.05) is 0 Å². The Kier molecular flexibility index (Phi) is 3.14. The second kappa shape index (κ2) is 4.02. The minimum absolute atomic E-state index is 0.547. The van der Waals surface area contributed by atoms with Crippen LogP contribution in [-0.4, -0.2) is 26.6 Å². The third kappa shape index (κ3) is 3.36. The van der Waals surface area contributed by atoms with Crippen molar-refractivity contribution in [1.29, 1.82) is 0 Å². The fourth-order valence-electron chi connectivity index (χ4n) is 0.961. The summed E-state index contributed by atoms with van der Waals surface area (Å²) >= 11 is 0. The molecule has 1 aromatic heterocycles. The average molecular weight is 212 g/mol. The van der Waals surface area contributed by atoms with Crippen LogP contribution in [0.3, 0.4) is 0 Å². The fourth-order valence-corrected chi connectivity index (χ4v) is 0.961. The zero-order valence-electron chi connectivity index (χ0n) is 9.39. The van der Waals surface area contributed by atoms with Crippen molar-refractivity contribution >= 4 is 6.09 Å². The second-order valence-corrected chi connectivity index (χ2v) is 4.37. The van der Waals surface area contributed by atoms with E-state index < -0.39 is 17.8 Å². The highest BCUT2D eigenvalue weighted by molar-refractivity contribution is 5.69. The smallest absolute Gasteiger partial charge is 0.435 e. The van der Waals surface area contributed by atoms with E-state index in [4.69, 9.17) is 4.74 Å². The van der Waals surface area contributed by atoms with E-state index >= 15 is 0 Å². The molecule has 84 valence electrons. The molecule has 0 bridgehead atoms. The molecule has 1 unspecified atom stereocenters. The van der Waals surface area contributed by atoms with Crippen LogP contribution in [0, 0.1) is 0 Å². The number of aliphatic hydroxyl groups is 1. The van der Waals surface area contributed by atoms with Crippen molar-refractivity contribution in [1.82, 2.24) is 9.78 Å². The molecular formula is C10H16N2O3. The quantitative estimate of drug-likeness (QED) is 0.769. The number of carbonyl (C=O) groups excluding carboxylic acids is 1. The molecular weight excluding hydrogens is 196 g/mol. The molecule has 0 aliphatic carbocycles. The van der Waals surface area contributed by atoms with Crippen molar-refractivity contribution in [3.05, 3.63) is 18.0 Å². The van der Waals surface area contributed by atoms with Crippen LogP contribution in [0.4, 0.5) is 4.79 Å². The molecule has 1 rings (SSSR count). The first-order valence-electron chi connectivity index (χ1n) is 4.75. The minimum Gasteiger partial charge on any atom is -0.442 e. The van der Waals surface area contributed by atoms with Gasteiger partial charge in [0, 0.05) is 11.8 Å². The van der Waals surface area contributed by atoms with Crippen LogP contribution in [0.15, 0.2) is 12.4 Å². The summed E-state index contributed by atoms with van der Waals surface area (Å²) in [5.74, 6) is 0. The SMILES string of the molecule is CC(O)c1cnn(C(=O)OC(C)(C)C)c1. The van der Waals surface area contributed by atoms with Gasteiger partial charge in [0.25, 0.3) is 0 Å². The van der Waals surface area contributed by atoms with E-state index in [0.29, 0.717) is 5.56 Å². The lowest BCUT2D eigenvalue weighted by molar-refractivity contribution is 0.0514. The van der Waals surface area contributed by atoms with E-state index in [1.54, 1.807) is 27.7 Å². The number of hydrogen-bond acceptors (Lipinski definition) is 4. The maximum Gasteiger partial charge on any atom is 0.435 e. The van der Waals surface area contributed by atoms with E-state index in [-0.39, 0.29) is 0 Å². The summed E-state index contributed by atoms with van der Waals surface area (Å²) in [4.78, 5) is 11.5. The predicted octanol–water partition coefficient (Wildman–Crippen LogP) is 1.72. The number of aliphatic hydroxyl groups excluding tert-OH is 1. The molecule has 0 saturated heterocycles. The van der Waals surface area contributed by atoms with Crippen molar-refractivity contribution in [3.63, 3.8) is 0 Å². The number of hydrogen-bond donors (Lipinski definition) is 1. The molecule has 0 amide bonds. The first-order chi connectivity index (χ1) is 6.79. The molecule has 0 spiro atoms. The van der Waals surface area contributed by atoms with E-state index in [2.05, 4.69) is 5.10 Å². The Morgan fingerprint density at radius 3 is 2.60 bits per heavy atom. The molecule has 1 atom stereocenters. The Labute approximate surface area is 88.7 Å². The molecule has 0 radical (unpaired) electrons. The van der Waals surface area contributed by atoms with E-state index in [0.717, 1.165) is 4.68 Å². The second-order valence-electron chi connectivity index (χ2n) is 4.37. The molecule has 0 fully saturated rings. The van der Waals surface area contributed by atoms with Gasteiger partial charge in [-0.1, -0.05) is 0 Å². The Balaban J connectivity index is 2.75. The molecule has 15 heavy (non-hydrogen) atoms. The third-order valence-corrected chi connectivity index (χ3v) is 1.67. The van der Waals surface area contributed by atoms with E-state index in [1.807, 2.05) is 0 Å². The maximum absolute atomic E-state index is 11.5. The lowest BCUT2D eigenvalue weighted by Crippen LogP contribution is -2.27. The molecule has 0 aliphatic rings. The average Bonchev–Trinajstić information content (AvgIpc) is 2.47. The highest BCUT2D eigenvalue weighted by atomic mass is 16.6. The van der Waals surface area contributed by atoms with Gasteiger partial charge in [0.05, 0.1) is 12.3 Å². The zero-order chi connectivity index (χ0) is 11.6. The summed E-state index contributed by atoms with van der Waals surface area (Å²) < 4.78 is 6.17. The molecule has 0 aliphatic heterocycles. The standard InChI is InChI=1S/C10H16N2O3/c1-7(13)8-5-11-12(6-8)9(14)15-10(2,3)4/h5-7,13H,1-4H3. The first-order valence-corrected chi connectivity index (χ1v) is 4.75. The molecule has 0 aromatic carbocycles. The van der Waals surface area contributed by atoms with Gasteiger partial charge in [0.15, 0.2) is 0 Å². The van der Waals surface area contributed by atoms with Crippen molar-refractivity contribution in [3.8, 4) is 0 Å². The van der Waals surface area contributed by atoms with Crippen LogP contribution in [0.1, 0.15) is 39.4 Å². The Bertz CT molecular complexity index is 350. The first kappa shape index (κ1) is 11.7. The third-order valence-electron chi connectivity index (χ3n) is 1.67. The Morgan fingerprint density at radius 1 is 1.60 bits per heavy atom. The van der Waals surface area contributed by atoms with Gasteiger partial charge in [-0.3, -0.25) is 0 Å². The number of ether oxygens (including phenoxy) is 1. The van der Waals surface area contributed by atoms with Gasteiger partial charge in [-0.25, -0.2) is 4.79 Å². The monoisotopic (exact) mass is 212 g/mol. The Hall–Kier alpha value is -1.36. The van der Waals surface area contributed by atoms with Gasteiger partial charge in [-0.15, -0.1) is 0 Å². The minimum atomic E-state index is -0.638. The summed E-state index contributed by atoms with van der Waals surface area (Å²) in [6.07, 6.45) is 1.71. The zero-order valence-corrected chi connectivity index (χ0v) is 9.39. The van der Waals surface area contributed by atoms with Gasteiger partial charge in [0.2, 0.25) is 0 Å². The summed E-state index contributed by atoms with van der Waals surface area (Å²) in [6, 6.07) is 0. The summed E-state index contributed by atoms with van der Waals surface area (Å²) in [5.41, 5.74) is 0.0365. The summed E-state index contributed by atoms with van der Waals surface area (Å²) in [7, 11) is 0. The van der Waals surface area contributed by atoms with E-state index in [1.165, 1.54) is 12.4 Å². The van der Waals surface area contributed by atoms with Crippen LogP contribution >= 0.6 is 0 Å². The van der Waals surface area contributed by atoms with Gasteiger partial charge >= 0.3 is 6.09 Å². The molecule has 5 heteroatoms. The Morgan fingerprint density at radius 2 is 2.20 bits per heavy atom. The molecule has 1 N–H and O–H groups in total. The maximum atomic E-state index is 11.5. The van der Waals surface area contributed by atoms with Gasteiger partial charge < -0.3 is 9.84 Å². The normalized spacial score (nSPS) is 13.7. The number of nitrogens with zero attached hydrogens (tertiary/aromatic N) is 2. The predicted molar refractivity (Wildman–Crippen MR) is 54.5 cm³/mol. The van der Waals surface area contributed by atoms with Crippen molar-refractivity contribution in [2.24, 2.45) is 0 Å². The molecule has 5 nitrogen and oxygen atoms in total. The lowest BCUT2D eigenvalue weighted by Gasteiger charge is -2.18. The number of carbonyl (C=O) groups is 1. The van der Waals surface area contributed by atoms with Gasteiger partial charge in [-0.2, -0.15) is 9.78 Å². The van der Waals surface area contributed by atoms with Crippen LogP contribution in [0.25, 0.3) is 0 Å². The van der Waals surface area contributed by atoms with E-state index in [9.17, 15) is 9.90 Å².